The SMILES string of the molecule is O=C(O)COCCNC(=O)NC1CCC(O)CC1. The maximum absolute atomic E-state index is 11.4. The number of amides is 2. The molecule has 0 atom stereocenters. The molecule has 4 N–H and O–H groups in total. The number of rotatable bonds is 6. The predicted molar refractivity (Wildman–Crippen MR) is 63.3 cm³/mol. The number of nitrogens with one attached hydrogen (secondary N) is 2. The van der Waals surface area contributed by atoms with E-state index in [1.165, 1.54) is 0 Å². The molecule has 0 heterocycles. The molecule has 18 heavy (non-hydrogen) atoms. The Balaban J connectivity index is 2.01. The molecule has 1 fully saturated rings. The Kier molecular flexibility index (Phi) is 6.45. The van der Waals surface area contributed by atoms with E-state index in [1.54, 1.807) is 0 Å². The third-order valence-electron chi connectivity index (χ3n) is 2.79. The summed E-state index contributed by atoms with van der Waals surface area (Å²) in [6, 6.07) is -0.177. The highest BCUT2D eigenvalue weighted by Crippen LogP contribution is 2.17. The molecule has 0 aliphatic heterocycles. The molecular formula is C11H20N2O5. The molecule has 0 aromatic rings. The van der Waals surface area contributed by atoms with Crippen molar-refractivity contribution in [3.05, 3.63) is 0 Å². The van der Waals surface area contributed by atoms with E-state index in [1.807, 2.05) is 0 Å². The van der Waals surface area contributed by atoms with Crippen molar-refractivity contribution in [2.45, 2.75) is 37.8 Å². The maximum Gasteiger partial charge on any atom is 0.329 e. The van der Waals surface area contributed by atoms with Crippen LogP contribution in [-0.2, 0) is 9.53 Å². The van der Waals surface area contributed by atoms with Gasteiger partial charge in [0.15, 0.2) is 0 Å². The maximum atomic E-state index is 11.4. The summed E-state index contributed by atoms with van der Waals surface area (Å²) >= 11 is 0. The fourth-order valence-corrected chi connectivity index (χ4v) is 1.85. The van der Waals surface area contributed by atoms with Gasteiger partial charge in [-0.2, -0.15) is 0 Å². The Hall–Kier alpha value is -1.34. The first-order valence-corrected chi connectivity index (χ1v) is 6.10. The van der Waals surface area contributed by atoms with E-state index in [0.717, 1.165) is 12.8 Å². The Morgan fingerprint density at radius 2 is 1.89 bits per heavy atom. The fraction of sp³-hybridized carbons (Fsp3) is 0.818. The van der Waals surface area contributed by atoms with Gasteiger partial charge in [0.2, 0.25) is 0 Å². The van der Waals surface area contributed by atoms with Gasteiger partial charge in [-0.25, -0.2) is 9.59 Å². The van der Waals surface area contributed by atoms with Crippen LogP contribution in [0.25, 0.3) is 0 Å². The molecule has 0 aromatic carbocycles. The minimum Gasteiger partial charge on any atom is -0.480 e. The van der Waals surface area contributed by atoms with Gasteiger partial charge in [0, 0.05) is 12.6 Å². The van der Waals surface area contributed by atoms with Crippen LogP contribution < -0.4 is 10.6 Å². The van der Waals surface area contributed by atoms with Gasteiger partial charge in [-0.3, -0.25) is 0 Å². The first kappa shape index (κ1) is 14.7. The van der Waals surface area contributed by atoms with E-state index in [2.05, 4.69) is 10.6 Å². The second-order valence-electron chi connectivity index (χ2n) is 4.35. The van der Waals surface area contributed by atoms with Crippen molar-refractivity contribution in [3.8, 4) is 0 Å². The molecule has 2 amide bonds. The molecule has 0 bridgehead atoms. The van der Waals surface area contributed by atoms with Crippen molar-refractivity contribution in [3.63, 3.8) is 0 Å². The van der Waals surface area contributed by atoms with Crippen LogP contribution in [0.5, 0.6) is 0 Å². The molecule has 1 saturated carbocycles. The Labute approximate surface area is 106 Å². The predicted octanol–water partition coefficient (Wildman–Crippen LogP) is -0.310. The summed E-state index contributed by atoms with van der Waals surface area (Å²) in [6.45, 7) is 0.0847. The molecule has 0 aromatic heterocycles. The lowest BCUT2D eigenvalue weighted by atomic mass is 9.93. The number of carboxylic acids is 1. The zero-order valence-electron chi connectivity index (χ0n) is 10.2. The largest absolute Gasteiger partial charge is 0.480 e. The first-order chi connectivity index (χ1) is 8.58. The van der Waals surface area contributed by atoms with E-state index in [0.29, 0.717) is 12.8 Å². The Bertz CT molecular complexity index is 277. The smallest absolute Gasteiger partial charge is 0.329 e. The van der Waals surface area contributed by atoms with Crippen molar-refractivity contribution in [2.75, 3.05) is 19.8 Å². The molecular weight excluding hydrogens is 240 g/mol. The van der Waals surface area contributed by atoms with Gasteiger partial charge >= 0.3 is 12.0 Å². The van der Waals surface area contributed by atoms with Crippen LogP contribution in [0.1, 0.15) is 25.7 Å². The summed E-state index contributed by atoms with van der Waals surface area (Å²) in [6.07, 6.45) is 2.75. The number of ether oxygens (including phenoxy) is 1. The Morgan fingerprint density at radius 3 is 2.50 bits per heavy atom. The fourth-order valence-electron chi connectivity index (χ4n) is 1.85. The molecule has 1 aliphatic rings. The number of hydrogen-bond donors (Lipinski definition) is 4. The second kappa shape index (κ2) is 7.88. The molecule has 0 unspecified atom stereocenters. The number of hydrogen-bond acceptors (Lipinski definition) is 4. The van der Waals surface area contributed by atoms with Crippen molar-refractivity contribution in [2.24, 2.45) is 0 Å². The average molecular weight is 260 g/mol. The van der Waals surface area contributed by atoms with E-state index in [9.17, 15) is 14.7 Å². The van der Waals surface area contributed by atoms with Gasteiger partial charge in [0.05, 0.1) is 12.7 Å². The van der Waals surface area contributed by atoms with E-state index < -0.39 is 5.97 Å². The molecule has 1 aliphatic carbocycles. The number of carboxylic acid groups (broad SMARTS) is 1. The van der Waals surface area contributed by atoms with Gasteiger partial charge in [-0.1, -0.05) is 0 Å². The number of carbonyl (C=O) groups is 2. The molecule has 7 heteroatoms. The normalized spacial score (nSPS) is 23.4. The molecule has 1 rings (SSSR count). The highest BCUT2D eigenvalue weighted by atomic mass is 16.5. The summed E-state index contributed by atoms with van der Waals surface area (Å²) in [5, 5.41) is 23.0. The summed E-state index contributed by atoms with van der Waals surface area (Å²) in [7, 11) is 0. The summed E-state index contributed by atoms with van der Waals surface area (Å²) in [5.74, 6) is -1.03. The van der Waals surface area contributed by atoms with Crippen LogP contribution in [0.4, 0.5) is 4.79 Å². The zero-order valence-corrected chi connectivity index (χ0v) is 10.2. The van der Waals surface area contributed by atoms with Crippen LogP contribution in [0, 0.1) is 0 Å². The number of urea groups is 1. The van der Waals surface area contributed by atoms with Crippen molar-refractivity contribution >= 4 is 12.0 Å². The zero-order chi connectivity index (χ0) is 13.4. The molecule has 7 nitrogen and oxygen atoms in total. The highest BCUT2D eigenvalue weighted by molar-refractivity contribution is 5.74. The summed E-state index contributed by atoms with van der Waals surface area (Å²) in [5.41, 5.74) is 0. The van der Waals surface area contributed by atoms with E-state index in [4.69, 9.17) is 9.84 Å². The van der Waals surface area contributed by atoms with Gasteiger partial charge in [-0.05, 0) is 25.7 Å². The minimum atomic E-state index is -1.03. The standard InChI is InChI=1S/C11H20N2O5/c14-9-3-1-8(2-4-9)13-11(17)12-5-6-18-7-10(15)16/h8-9,14H,1-7H2,(H,15,16)(H2,12,13,17). The minimum absolute atomic E-state index is 0.105. The Morgan fingerprint density at radius 1 is 1.22 bits per heavy atom. The number of aliphatic carboxylic acids is 1. The van der Waals surface area contributed by atoms with Gasteiger partial charge < -0.3 is 25.6 Å². The average Bonchev–Trinajstić information content (AvgIpc) is 2.31. The van der Waals surface area contributed by atoms with Crippen LogP contribution in [0.15, 0.2) is 0 Å². The molecule has 0 saturated heterocycles. The third kappa shape index (κ3) is 6.41. The molecule has 0 spiro atoms. The lowest BCUT2D eigenvalue weighted by Gasteiger charge is -2.26. The van der Waals surface area contributed by atoms with Crippen LogP contribution in [-0.4, -0.2) is 54.1 Å². The monoisotopic (exact) mass is 260 g/mol. The summed E-state index contributed by atoms with van der Waals surface area (Å²) < 4.78 is 4.77. The lowest BCUT2D eigenvalue weighted by Crippen LogP contribution is -2.45. The van der Waals surface area contributed by atoms with Crippen molar-refractivity contribution in [1.29, 1.82) is 0 Å². The number of aliphatic hydroxyl groups is 1. The van der Waals surface area contributed by atoms with Crippen LogP contribution in [0.3, 0.4) is 0 Å². The van der Waals surface area contributed by atoms with Crippen LogP contribution in [0.2, 0.25) is 0 Å². The lowest BCUT2D eigenvalue weighted by molar-refractivity contribution is -0.142. The summed E-state index contributed by atoms with van der Waals surface area (Å²) in [4.78, 5) is 21.6. The van der Waals surface area contributed by atoms with Gasteiger partial charge in [0.1, 0.15) is 6.61 Å². The van der Waals surface area contributed by atoms with Crippen LogP contribution >= 0.6 is 0 Å². The highest BCUT2D eigenvalue weighted by Gasteiger charge is 2.20. The topological polar surface area (TPSA) is 108 Å². The van der Waals surface area contributed by atoms with E-state index >= 15 is 0 Å². The van der Waals surface area contributed by atoms with Gasteiger partial charge in [0.25, 0.3) is 0 Å². The quantitative estimate of drug-likeness (QED) is 0.490. The number of aliphatic hydroxyl groups excluding tert-OH is 1. The molecule has 104 valence electrons. The van der Waals surface area contributed by atoms with Crippen molar-refractivity contribution in [1.82, 2.24) is 10.6 Å². The number of carbonyl (C=O) groups excluding carboxylic acids is 1. The second-order valence-corrected chi connectivity index (χ2v) is 4.35. The first-order valence-electron chi connectivity index (χ1n) is 6.10. The third-order valence-corrected chi connectivity index (χ3v) is 2.79. The van der Waals surface area contributed by atoms with E-state index in [-0.39, 0.29) is 37.9 Å². The molecule has 0 radical (unpaired) electrons. The van der Waals surface area contributed by atoms with Gasteiger partial charge in [-0.15, -0.1) is 0 Å². The van der Waals surface area contributed by atoms with Crippen molar-refractivity contribution < 1.29 is 24.5 Å².